The number of ether oxygens (including phenoxy) is 1. The van der Waals surface area contributed by atoms with Crippen LogP contribution in [-0.2, 0) is 9.53 Å². The Morgan fingerprint density at radius 1 is 0.571 bits per heavy atom. The minimum absolute atomic E-state index is 0.0253. The smallest absolute Gasteiger partial charge is 0.305 e. The van der Waals surface area contributed by atoms with Gasteiger partial charge in [-0.05, 0) is 25.2 Å². The van der Waals surface area contributed by atoms with Crippen LogP contribution in [0.15, 0.2) is 0 Å². The van der Waals surface area contributed by atoms with E-state index < -0.39 is 0 Å². The van der Waals surface area contributed by atoms with Crippen LogP contribution in [0.3, 0.4) is 0 Å². The summed E-state index contributed by atoms with van der Waals surface area (Å²) in [5, 5.41) is 0. The fourth-order valence-corrected chi connectivity index (χ4v) is 3.89. The van der Waals surface area contributed by atoms with Gasteiger partial charge in [-0.25, -0.2) is 0 Å². The molecule has 0 heterocycles. The maximum absolute atomic E-state index is 11.9. The topological polar surface area (TPSA) is 26.3 Å². The van der Waals surface area contributed by atoms with Gasteiger partial charge < -0.3 is 4.74 Å². The summed E-state index contributed by atoms with van der Waals surface area (Å²) >= 11 is 0. The molecule has 0 aliphatic heterocycles. The van der Waals surface area contributed by atoms with Crippen molar-refractivity contribution in [3.8, 4) is 0 Å². The SMILES string of the molecule is CCCCCCCCCCC(CCCCCCCC)COC(=O)CCCCC. The molecule has 1 unspecified atom stereocenters. The van der Waals surface area contributed by atoms with Crippen molar-refractivity contribution >= 4 is 5.97 Å². The lowest BCUT2D eigenvalue weighted by molar-refractivity contribution is -0.145. The number of unbranched alkanes of at least 4 members (excludes halogenated alkanes) is 14. The Kier molecular flexibility index (Phi) is 22.3. The molecule has 2 heteroatoms. The van der Waals surface area contributed by atoms with Gasteiger partial charge >= 0.3 is 5.97 Å². The van der Waals surface area contributed by atoms with Crippen molar-refractivity contribution in [2.24, 2.45) is 5.92 Å². The minimum atomic E-state index is 0.0253. The van der Waals surface area contributed by atoms with Crippen molar-refractivity contribution in [2.45, 2.75) is 149 Å². The second kappa shape index (κ2) is 22.8. The average molecular weight is 397 g/mol. The van der Waals surface area contributed by atoms with Gasteiger partial charge in [-0.1, -0.05) is 124 Å². The first kappa shape index (κ1) is 27.5. The molecule has 0 bridgehead atoms. The van der Waals surface area contributed by atoms with Crippen molar-refractivity contribution in [3.63, 3.8) is 0 Å². The Labute approximate surface area is 177 Å². The van der Waals surface area contributed by atoms with Crippen molar-refractivity contribution in [1.29, 1.82) is 0 Å². The van der Waals surface area contributed by atoms with Crippen LogP contribution in [-0.4, -0.2) is 12.6 Å². The second-order valence-corrected chi connectivity index (χ2v) is 8.83. The highest BCUT2D eigenvalue weighted by Crippen LogP contribution is 2.20. The van der Waals surface area contributed by atoms with Crippen molar-refractivity contribution in [3.05, 3.63) is 0 Å². The summed E-state index contributed by atoms with van der Waals surface area (Å²) in [6.45, 7) is 7.39. The Morgan fingerprint density at radius 3 is 1.43 bits per heavy atom. The molecule has 0 amide bonds. The number of carbonyl (C=O) groups is 1. The molecule has 0 fully saturated rings. The summed E-state index contributed by atoms with van der Waals surface area (Å²) in [5.74, 6) is 0.610. The quantitative estimate of drug-likeness (QED) is 0.135. The van der Waals surface area contributed by atoms with E-state index in [9.17, 15) is 4.79 Å². The van der Waals surface area contributed by atoms with Gasteiger partial charge in [0.05, 0.1) is 6.61 Å². The highest BCUT2D eigenvalue weighted by atomic mass is 16.5. The van der Waals surface area contributed by atoms with Crippen LogP contribution in [0, 0.1) is 5.92 Å². The average Bonchev–Trinajstić information content (AvgIpc) is 2.70. The van der Waals surface area contributed by atoms with E-state index in [1.165, 1.54) is 103 Å². The monoisotopic (exact) mass is 396 g/mol. The molecule has 0 N–H and O–H groups in total. The largest absolute Gasteiger partial charge is 0.465 e. The number of hydrogen-bond donors (Lipinski definition) is 0. The van der Waals surface area contributed by atoms with Crippen LogP contribution in [0.5, 0.6) is 0 Å². The molecule has 0 saturated heterocycles. The molecule has 0 aromatic carbocycles. The molecule has 0 aromatic rings. The first-order valence-corrected chi connectivity index (χ1v) is 12.9. The summed E-state index contributed by atoms with van der Waals surface area (Å²) in [6.07, 6.45) is 25.4. The maximum atomic E-state index is 11.9. The van der Waals surface area contributed by atoms with Gasteiger partial charge in [0.25, 0.3) is 0 Å². The molecule has 0 spiro atoms. The zero-order valence-corrected chi connectivity index (χ0v) is 19.7. The first-order chi connectivity index (χ1) is 13.7. The third kappa shape index (κ3) is 20.2. The van der Waals surface area contributed by atoms with E-state index in [1.54, 1.807) is 0 Å². The number of esters is 1. The molecule has 0 radical (unpaired) electrons. The van der Waals surface area contributed by atoms with E-state index in [-0.39, 0.29) is 5.97 Å². The van der Waals surface area contributed by atoms with E-state index in [4.69, 9.17) is 4.74 Å². The molecule has 0 aliphatic carbocycles. The second-order valence-electron chi connectivity index (χ2n) is 8.83. The Balaban J connectivity index is 3.95. The van der Waals surface area contributed by atoms with Gasteiger partial charge in [0.1, 0.15) is 0 Å². The number of rotatable bonds is 22. The standard InChI is InChI=1S/C26H52O2/c1-4-7-10-12-14-15-17-20-22-25(21-19-16-13-11-8-5-2)24-28-26(27)23-18-9-6-3/h25H,4-24H2,1-3H3. The summed E-state index contributed by atoms with van der Waals surface area (Å²) in [5.41, 5.74) is 0. The van der Waals surface area contributed by atoms with Crippen molar-refractivity contribution < 1.29 is 9.53 Å². The summed E-state index contributed by atoms with van der Waals surface area (Å²) < 4.78 is 5.63. The van der Waals surface area contributed by atoms with Gasteiger partial charge in [0.15, 0.2) is 0 Å². The lowest BCUT2D eigenvalue weighted by atomic mass is 9.94. The van der Waals surface area contributed by atoms with E-state index in [0.717, 1.165) is 19.3 Å². The Bertz CT molecular complexity index is 314. The van der Waals surface area contributed by atoms with Crippen LogP contribution in [0.1, 0.15) is 149 Å². The molecule has 168 valence electrons. The Morgan fingerprint density at radius 2 is 0.964 bits per heavy atom. The van der Waals surface area contributed by atoms with E-state index in [2.05, 4.69) is 20.8 Å². The highest BCUT2D eigenvalue weighted by molar-refractivity contribution is 5.69. The maximum Gasteiger partial charge on any atom is 0.305 e. The fraction of sp³-hybridized carbons (Fsp3) is 0.962. The molecule has 0 saturated carbocycles. The molecule has 0 rings (SSSR count). The van der Waals surface area contributed by atoms with Gasteiger partial charge in [0.2, 0.25) is 0 Å². The molecule has 28 heavy (non-hydrogen) atoms. The summed E-state index contributed by atoms with van der Waals surface area (Å²) in [6, 6.07) is 0. The van der Waals surface area contributed by atoms with Crippen LogP contribution >= 0.6 is 0 Å². The van der Waals surface area contributed by atoms with E-state index in [1.807, 2.05) is 0 Å². The lowest BCUT2D eigenvalue weighted by Crippen LogP contribution is -2.14. The highest BCUT2D eigenvalue weighted by Gasteiger charge is 2.12. The minimum Gasteiger partial charge on any atom is -0.465 e. The third-order valence-corrected chi connectivity index (χ3v) is 5.90. The lowest BCUT2D eigenvalue weighted by Gasteiger charge is -2.17. The van der Waals surface area contributed by atoms with Crippen LogP contribution in [0.4, 0.5) is 0 Å². The zero-order chi connectivity index (χ0) is 20.7. The van der Waals surface area contributed by atoms with Crippen LogP contribution in [0.2, 0.25) is 0 Å². The summed E-state index contributed by atoms with van der Waals surface area (Å²) in [4.78, 5) is 11.9. The van der Waals surface area contributed by atoms with Gasteiger partial charge in [-0.15, -0.1) is 0 Å². The number of carbonyl (C=O) groups excluding carboxylic acids is 1. The third-order valence-electron chi connectivity index (χ3n) is 5.90. The van der Waals surface area contributed by atoms with Crippen molar-refractivity contribution in [1.82, 2.24) is 0 Å². The predicted molar refractivity (Wildman–Crippen MR) is 124 cm³/mol. The van der Waals surface area contributed by atoms with Gasteiger partial charge in [-0.3, -0.25) is 4.79 Å². The zero-order valence-electron chi connectivity index (χ0n) is 19.7. The van der Waals surface area contributed by atoms with Gasteiger partial charge in [-0.2, -0.15) is 0 Å². The molecular weight excluding hydrogens is 344 g/mol. The normalized spacial score (nSPS) is 12.2. The number of hydrogen-bond acceptors (Lipinski definition) is 2. The summed E-state index contributed by atoms with van der Waals surface area (Å²) in [7, 11) is 0. The molecule has 0 aliphatic rings. The molecular formula is C26H52O2. The predicted octanol–water partition coefficient (Wildman–Crippen LogP) is 9.01. The van der Waals surface area contributed by atoms with E-state index >= 15 is 0 Å². The Hall–Kier alpha value is -0.530. The first-order valence-electron chi connectivity index (χ1n) is 12.9. The van der Waals surface area contributed by atoms with Crippen LogP contribution in [0.25, 0.3) is 0 Å². The van der Waals surface area contributed by atoms with Crippen molar-refractivity contribution in [2.75, 3.05) is 6.61 Å². The fourth-order valence-electron chi connectivity index (χ4n) is 3.89. The molecule has 0 aromatic heterocycles. The molecule has 1 atom stereocenters. The van der Waals surface area contributed by atoms with Gasteiger partial charge in [0, 0.05) is 6.42 Å². The molecule has 2 nitrogen and oxygen atoms in total. The van der Waals surface area contributed by atoms with E-state index in [0.29, 0.717) is 18.9 Å². The van der Waals surface area contributed by atoms with Crippen LogP contribution < -0.4 is 0 Å².